The lowest BCUT2D eigenvalue weighted by molar-refractivity contribution is -0.138. The fraction of sp³-hybridized carbons (Fsp3) is 0.917. The normalized spacial score (nSPS) is 10.4. The maximum absolute atomic E-state index is 10.3. The van der Waals surface area contributed by atoms with Gasteiger partial charge in [0, 0.05) is 51.4 Å². The minimum atomic E-state index is -0.663. The van der Waals surface area contributed by atoms with Gasteiger partial charge in [0.25, 0.3) is 0 Å². The van der Waals surface area contributed by atoms with Gasteiger partial charge in [0.05, 0.1) is 0 Å². The van der Waals surface area contributed by atoms with E-state index in [0.717, 1.165) is 103 Å². The highest BCUT2D eigenvalue weighted by Crippen LogP contribution is 2.18. The molecule has 0 aliphatic carbocycles. The van der Waals surface area contributed by atoms with Crippen LogP contribution in [0.15, 0.2) is 0 Å². The molecule has 0 fully saturated rings. The number of hydrogen-bond acceptors (Lipinski definition) is 8. The molecular weight excluding hydrogens is 1410 g/mol. The summed E-state index contributed by atoms with van der Waals surface area (Å²) in [6.07, 6.45) is 92.0. The Hall–Kier alpha value is -4.24. The summed E-state index contributed by atoms with van der Waals surface area (Å²) in [5.74, 6) is -5.28. The summed E-state index contributed by atoms with van der Waals surface area (Å²) in [6, 6.07) is 0. The van der Waals surface area contributed by atoms with Crippen molar-refractivity contribution in [2.75, 3.05) is 0 Å². The molecule has 0 unspecified atom stereocenters. The van der Waals surface area contributed by atoms with Crippen LogP contribution >= 0.6 is 0 Å². The first kappa shape index (κ1) is 123. The summed E-state index contributed by atoms with van der Waals surface area (Å²) in [7, 11) is 0. The van der Waals surface area contributed by atoms with Gasteiger partial charge in [-0.25, -0.2) is 0 Å². The van der Waals surface area contributed by atoms with E-state index in [4.69, 9.17) is 40.9 Å². The van der Waals surface area contributed by atoms with Crippen molar-refractivity contribution in [3.8, 4) is 0 Å². The van der Waals surface area contributed by atoms with Gasteiger partial charge < -0.3 is 40.9 Å². The van der Waals surface area contributed by atoms with Crippen molar-refractivity contribution in [3.63, 3.8) is 0 Å². The van der Waals surface area contributed by atoms with E-state index in [1.54, 1.807) is 0 Å². The number of unbranched alkanes of at least 4 members (excludes halogenated alkanes) is 64. The molecule has 0 bridgehead atoms. The molecule has 0 heterocycles. The van der Waals surface area contributed by atoms with Gasteiger partial charge in [0.1, 0.15) is 0 Å². The fourth-order valence-electron chi connectivity index (χ4n) is 12.7. The molecule has 0 spiro atoms. The molecule has 0 aliphatic heterocycles. The van der Waals surface area contributed by atoms with Gasteiger partial charge in [-0.1, -0.05) is 466 Å². The third-order valence-corrected chi connectivity index (χ3v) is 20.0. The van der Waals surface area contributed by atoms with Crippen molar-refractivity contribution in [3.05, 3.63) is 0 Å². The highest BCUT2D eigenvalue weighted by molar-refractivity contribution is 5.68. The van der Waals surface area contributed by atoms with E-state index in [1.165, 1.54) is 360 Å². The van der Waals surface area contributed by atoms with Crippen molar-refractivity contribution in [1.82, 2.24) is 0 Å². The number of carbonyl (C=O) groups is 8. The van der Waals surface area contributed by atoms with Crippen LogP contribution in [0.1, 0.15) is 569 Å². The number of carboxylic acid groups (broad SMARTS) is 8. The van der Waals surface area contributed by atoms with Gasteiger partial charge in [-0.2, -0.15) is 0 Å². The average Bonchev–Trinajstić information content (AvgIpc) is 2.66. The van der Waals surface area contributed by atoms with Crippen LogP contribution < -0.4 is 0 Å². The topological polar surface area (TPSA) is 298 Å². The zero-order valence-corrected chi connectivity index (χ0v) is 75.4. The van der Waals surface area contributed by atoms with E-state index in [2.05, 4.69) is 55.4 Å². The van der Waals surface area contributed by atoms with E-state index in [1.807, 2.05) is 0 Å². The highest BCUT2D eigenvalue weighted by Gasteiger charge is 2.04. The first-order valence-electron chi connectivity index (χ1n) is 47.9. The minimum absolute atomic E-state index is 0.341. The predicted molar refractivity (Wildman–Crippen MR) is 476 cm³/mol. The van der Waals surface area contributed by atoms with E-state index in [9.17, 15) is 38.4 Å². The highest BCUT2D eigenvalue weighted by atomic mass is 16.4. The van der Waals surface area contributed by atoms with Crippen LogP contribution in [0, 0.1) is 0 Å². The summed E-state index contributed by atoms with van der Waals surface area (Å²) in [5, 5.41) is 67.2. The second kappa shape index (κ2) is 120. The van der Waals surface area contributed by atoms with Crippen LogP contribution in [0.2, 0.25) is 0 Å². The number of hydrogen-bond donors (Lipinski definition) is 8. The maximum Gasteiger partial charge on any atom is 0.303 e. The molecule has 0 aromatic rings. The van der Waals surface area contributed by atoms with Crippen molar-refractivity contribution in [2.45, 2.75) is 569 Å². The van der Waals surface area contributed by atoms with E-state index in [-0.39, 0.29) is 0 Å². The van der Waals surface area contributed by atoms with Crippen LogP contribution in [-0.2, 0) is 38.4 Å². The molecule has 0 aromatic carbocycles. The van der Waals surface area contributed by atoms with E-state index < -0.39 is 47.8 Å². The third-order valence-electron chi connectivity index (χ3n) is 20.0. The lowest BCUT2D eigenvalue weighted by atomic mass is 10.0. The SMILES string of the molecule is CCCCCCCCCC(=O)O.CCCCCCCCCC(=O)O.CCCCCCCCCC(=O)O.CCCCCCCCCCCC(=O)O.CCCCCCCCCCCC(=O)O.CCCCCCCCCCCC(=O)O.CCCCCCCCCCCC(=O)O.CCCCCCCCCCCCCCCCCC(=O)O. The molecule has 0 aliphatic rings. The number of aliphatic carboxylic acids is 8. The number of carboxylic acids is 8. The average molecular weight is 1600 g/mol. The molecule has 0 rings (SSSR count). The van der Waals surface area contributed by atoms with Crippen LogP contribution in [0.5, 0.6) is 0 Å². The summed E-state index contributed by atoms with van der Waals surface area (Å²) >= 11 is 0. The molecule has 0 aromatic heterocycles. The summed E-state index contributed by atoms with van der Waals surface area (Å²) < 4.78 is 0. The zero-order valence-electron chi connectivity index (χ0n) is 75.4. The first-order chi connectivity index (χ1) is 54.2. The Bertz CT molecular complexity index is 1630. The Kier molecular flexibility index (Phi) is 132. The van der Waals surface area contributed by atoms with Gasteiger partial charge in [-0.05, 0) is 51.4 Å². The largest absolute Gasteiger partial charge is 0.481 e. The standard InChI is InChI=1S/C18H36O2.4C12H24O2.3C10H20O2/c1-2-3-4-5-6-7-8-9-10-11-12-13-14-15-16-17-18(19)20;4*1-2-3-4-5-6-7-8-9-10-11-12(13)14;3*1-2-3-4-5-6-7-8-9-10(11)12/h2-17H2,1H3,(H,19,20);4*2-11H2,1H3,(H,13,14);3*2-9H2,1H3,(H,11,12). The van der Waals surface area contributed by atoms with Crippen molar-refractivity contribution < 1.29 is 79.2 Å². The lowest BCUT2D eigenvalue weighted by Crippen LogP contribution is -1.93. The summed E-state index contributed by atoms with van der Waals surface area (Å²) in [6.45, 7) is 17.8. The third kappa shape index (κ3) is 165. The molecule has 8 N–H and O–H groups in total. The smallest absolute Gasteiger partial charge is 0.303 e. The fourth-order valence-corrected chi connectivity index (χ4v) is 12.7. The first-order valence-corrected chi connectivity index (χ1v) is 47.9. The van der Waals surface area contributed by atoms with Crippen molar-refractivity contribution in [1.29, 1.82) is 0 Å². The molecule has 16 nitrogen and oxygen atoms in total. The molecule has 0 amide bonds. The minimum Gasteiger partial charge on any atom is -0.481 e. The second-order valence-corrected chi connectivity index (χ2v) is 31.8. The molecule has 0 atom stereocenters. The Morgan fingerprint density at radius 3 is 0.214 bits per heavy atom. The lowest BCUT2D eigenvalue weighted by Gasteiger charge is -2.03. The molecule has 0 radical (unpaired) electrons. The maximum atomic E-state index is 10.3. The molecule has 16 heteroatoms. The van der Waals surface area contributed by atoms with Gasteiger partial charge in [0.2, 0.25) is 0 Å². The molecule has 0 saturated carbocycles. The molecule has 112 heavy (non-hydrogen) atoms. The van der Waals surface area contributed by atoms with Crippen molar-refractivity contribution in [2.24, 2.45) is 0 Å². The van der Waals surface area contributed by atoms with Crippen LogP contribution in [0.3, 0.4) is 0 Å². The van der Waals surface area contributed by atoms with Crippen LogP contribution in [-0.4, -0.2) is 88.6 Å². The number of rotatable bonds is 80. The van der Waals surface area contributed by atoms with Gasteiger partial charge in [0.15, 0.2) is 0 Å². The summed E-state index contributed by atoms with van der Waals surface area (Å²) in [5.41, 5.74) is 0. The Morgan fingerprint density at radius 1 is 0.107 bits per heavy atom. The van der Waals surface area contributed by atoms with Gasteiger partial charge >= 0.3 is 47.8 Å². The quantitative estimate of drug-likeness (QED) is 0.0263. The zero-order chi connectivity index (χ0) is 85.2. The second-order valence-electron chi connectivity index (χ2n) is 31.8. The molecule has 0 saturated heterocycles. The van der Waals surface area contributed by atoms with Crippen LogP contribution in [0.4, 0.5) is 0 Å². The monoisotopic (exact) mass is 1600 g/mol. The molecule has 672 valence electrons. The van der Waals surface area contributed by atoms with E-state index in [0.29, 0.717) is 51.4 Å². The van der Waals surface area contributed by atoms with Crippen molar-refractivity contribution >= 4 is 47.8 Å². The van der Waals surface area contributed by atoms with Crippen LogP contribution in [0.25, 0.3) is 0 Å². The van der Waals surface area contributed by atoms with E-state index >= 15 is 0 Å². The Labute approximate surface area is 692 Å². The van der Waals surface area contributed by atoms with Gasteiger partial charge in [-0.3, -0.25) is 38.4 Å². The Morgan fingerprint density at radius 2 is 0.161 bits per heavy atom. The molecular formula is C96H192O16. The van der Waals surface area contributed by atoms with Gasteiger partial charge in [-0.15, -0.1) is 0 Å². The Balaban J connectivity index is -0.000000185. The summed E-state index contributed by atoms with van der Waals surface area (Å²) in [4.78, 5) is 81.6. The predicted octanol–water partition coefficient (Wildman–Crippen LogP) is 31.9.